The van der Waals surface area contributed by atoms with E-state index in [1.165, 1.54) is 0 Å². The van der Waals surface area contributed by atoms with Crippen molar-refractivity contribution in [3.8, 4) is 0 Å². The summed E-state index contributed by atoms with van der Waals surface area (Å²) >= 11 is 0. The summed E-state index contributed by atoms with van der Waals surface area (Å²) in [6.07, 6.45) is 0. The van der Waals surface area contributed by atoms with E-state index in [0.29, 0.717) is 0 Å². The van der Waals surface area contributed by atoms with E-state index >= 15 is 0 Å². The van der Waals surface area contributed by atoms with Crippen molar-refractivity contribution >= 4 is 11.4 Å². The number of benzene rings is 1. The number of hydrogen-bond donors (Lipinski definition) is 3. The SMILES string of the molecule is CC(Nc1ccc(N)cc1)C(C)(C)O. The van der Waals surface area contributed by atoms with Crippen LogP contribution in [0, 0.1) is 0 Å². The molecule has 3 nitrogen and oxygen atoms in total. The van der Waals surface area contributed by atoms with Gasteiger partial charge in [0.05, 0.1) is 11.6 Å². The third-order valence-electron chi connectivity index (χ3n) is 2.35. The molecule has 0 aromatic heterocycles. The Morgan fingerprint density at radius 3 is 2.21 bits per heavy atom. The first-order valence-corrected chi connectivity index (χ1v) is 4.74. The second-order valence-corrected chi connectivity index (χ2v) is 4.14. The molecule has 3 heteroatoms. The van der Waals surface area contributed by atoms with Crippen molar-refractivity contribution in [1.82, 2.24) is 0 Å². The fourth-order valence-electron chi connectivity index (χ4n) is 1.01. The average Bonchev–Trinajstić information content (AvgIpc) is 2.07. The van der Waals surface area contributed by atoms with Crippen LogP contribution >= 0.6 is 0 Å². The quantitative estimate of drug-likeness (QED) is 0.643. The molecule has 1 aromatic carbocycles. The van der Waals surface area contributed by atoms with E-state index in [9.17, 15) is 5.11 Å². The lowest BCUT2D eigenvalue weighted by Crippen LogP contribution is -2.39. The number of rotatable bonds is 3. The zero-order valence-electron chi connectivity index (χ0n) is 8.91. The van der Waals surface area contributed by atoms with Crippen LogP contribution in [-0.4, -0.2) is 16.7 Å². The van der Waals surface area contributed by atoms with Gasteiger partial charge in [0.1, 0.15) is 0 Å². The van der Waals surface area contributed by atoms with Crippen LogP contribution in [0.3, 0.4) is 0 Å². The van der Waals surface area contributed by atoms with Gasteiger partial charge in [0.25, 0.3) is 0 Å². The van der Waals surface area contributed by atoms with Gasteiger partial charge in [-0.2, -0.15) is 0 Å². The molecule has 0 heterocycles. The monoisotopic (exact) mass is 194 g/mol. The highest BCUT2D eigenvalue weighted by Gasteiger charge is 2.21. The Kier molecular flexibility index (Phi) is 3.01. The third-order valence-corrected chi connectivity index (χ3v) is 2.35. The molecule has 0 aliphatic carbocycles. The highest BCUT2D eigenvalue weighted by Crippen LogP contribution is 2.16. The molecule has 1 rings (SSSR count). The maximum atomic E-state index is 9.71. The van der Waals surface area contributed by atoms with Crippen LogP contribution in [0.4, 0.5) is 11.4 Å². The molecule has 1 atom stereocenters. The first kappa shape index (κ1) is 10.9. The predicted octanol–water partition coefficient (Wildman–Crippen LogP) is 1.84. The van der Waals surface area contributed by atoms with E-state index in [4.69, 9.17) is 5.73 Å². The van der Waals surface area contributed by atoms with Gasteiger partial charge in [0.15, 0.2) is 0 Å². The minimum atomic E-state index is -0.735. The number of aliphatic hydroxyl groups is 1. The van der Waals surface area contributed by atoms with Crippen LogP contribution in [-0.2, 0) is 0 Å². The number of nitrogens with two attached hydrogens (primary N) is 1. The highest BCUT2D eigenvalue weighted by molar-refractivity contribution is 5.51. The van der Waals surface area contributed by atoms with E-state index < -0.39 is 5.60 Å². The number of anilines is 2. The standard InChI is InChI=1S/C11H18N2O/c1-8(11(2,3)14)13-10-6-4-9(12)5-7-10/h4-8,13-14H,12H2,1-3H3. The molecular formula is C11H18N2O. The Morgan fingerprint density at radius 1 is 1.29 bits per heavy atom. The second kappa shape index (κ2) is 3.88. The van der Waals surface area contributed by atoms with Crippen LogP contribution < -0.4 is 11.1 Å². The molecule has 0 amide bonds. The second-order valence-electron chi connectivity index (χ2n) is 4.14. The molecule has 0 fully saturated rings. The van der Waals surface area contributed by atoms with Crippen LogP contribution in [0.2, 0.25) is 0 Å². The lowest BCUT2D eigenvalue weighted by molar-refractivity contribution is 0.0649. The zero-order chi connectivity index (χ0) is 10.8. The summed E-state index contributed by atoms with van der Waals surface area (Å²) in [6, 6.07) is 7.46. The molecule has 1 aromatic rings. The smallest absolute Gasteiger partial charge is 0.0789 e. The molecular weight excluding hydrogens is 176 g/mol. The van der Waals surface area contributed by atoms with Crippen molar-refractivity contribution in [2.24, 2.45) is 0 Å². The minimum absolute atomic E-state index is 0.00822. The van der Waals surface area contributed by atoms with E-state index in [1.54, 1.807) is 13.8 Å². The largest absolute Gasteiger partial charge is 0.399 e. The molecule has 0 aliphatic rings. The van der Waals surface area contributed by atoms with Gasteiger partial charge in [-0.05, 0) is 45.0 Å². The van der Waals surface area contributed by atoms with E-state index in [1.807, 2.05) is 31.2 Å². The first-order chi connectivity index (χ1) is 6.39. The molecule has 0 aliphatic heterocycles. The maximum absolute atomic E-state index is 9.71. The molecule has 1 unspecified atom stereocenters. The van der Waals surface area contributed by atoms with Gasteiger partial charge in [-0.15, -0.1) is 0 Å². The summed E-state index contributed by atoms with van der Waals surface area (Å²) in [6.45, 7) is 5.50. The average molecular weight is 194 g/mol. The van der Waals surface area contributed by atoms with Crippen molar-refractivity contribution in [2.75, 3.05) is 11.1 Å². The lowest BCUT2D eigenvalue weighted by Gasteiger charge is -2.27. The van der Waals surface area contributed by atoms with Gasteiger partial charge in [0.2, 0.25) is 0 Å². The fraction of sp³-hybridized carbons (Fsp3) is 0.455. The summed E-state index contributed by atoms with van der Waals surface area (Å²) in [5, 5.41) is 12.9. The number of nitrogen functional groups attached to an aromatic ring is 1. The topological polar surface area (TPSA) is 58.3 Å². The summed E-state index contributed by atoms with van der Waals surface area (Å²) in [5.41, 5.74) is 6.54. The van der Waals surface area contributed by atoms with Gasteiger partial charge in [0, 0.05) is 11.4 Å². The number of hydrogen-bond acceptors (Lipinski definition) is 3. The van der Waals surface area contributed by atoms with Crippen molar-refractivity contribution in [1.29, 1.82) is 0 Å². The normalized spacial score (nSPS) is 13.7. The fourth-order valence-corrected chi connectivity index (χ4v) is 1.01. The predicted molar refractivity (Wildman–Crippen MR) is 60.2 cm³/mol. The molecule has 0 spiro atoms. The Labute approximate surface area is 84.9 Å². The molecule has 4 N–H and O–H groups in total. The Bertz CT molecular complexity index is 287. The van der Waals surface area contributed by atoms with Crippen LogP contribution in [0.1, 0.15) is 20.8 Å². The minimum Gasteiger partial charge on any atom is -0.399 e. The van der Waals surface area contributed by atoms with Gasteiger partial charge in [-0.1, -0.05) is 0 Å². The molecule has 0 bridgehead atoms. The van der Waals surface area contributed by atoms with E-state index in [0.717, 1.165) is 11.4 Å². The maximum Gasteiger partial charge on any atom is 0.0789 e. The summed E-state index contributed by atoms with van der Waals surface area (Å²) in [4.78, 5) is 0. The van der Waals surface area contributed by atoms with Gasteiger partial charge < -0.3 is 16.2 Å². The number of nitrogens with one attached hydrogen (secondary N) is 1. The first-order valence-electron chi connectivity index (χ1n) is 4.74. The van der Waals surface area contributed by atoms with Crippen LogP contribution in [0.15, 0.2) is 24.3 Å². The molecule has 14 heavy (non-hydrogen) atoms. The highest BCUT2D eigenvalue weighted by atomic mass is 16.3. The Balaban J connectivity index is 2.65. The van der Waals surface area contributed by atoms with Crippen molar-refractivity contribution in [3.63, 3.8) is 0 Å². The summed E-state index contributed by atoms with van der Waals surface area (Å²) < 4.78 is 0. The van der Waals surface area contributed by atoms with Gasteiger partial charge in [-0.25, -0.2) is 0 Å². The van der Waals surface area contributed by atoms with Crippen molar-refractivity contribution < 1.29 is 5.11 Å². The van der Waals surface area contributed by atoms with Crippen molar-refractivity contribution in [3.05, 3.63) is 24.3 Å². The Hall–Kier alpha value is -1.22. The zero-order valence-corrected chi connectivity index (χ0v) is 8.91. The van der Waals surface area contributed by atoms with E-state index in [-0.39, 0.29) is 6.04 Å². The molecule has 0 saturated heterocycles. The third kappa shape index (κ3) is 2.92. The molecule has 0 saturated carbocycles. The molecule has 0 radical (unpaired) electrons. The van der Waals surface area contributed by atoms with Crippen molar-refractivity contribution in [2.45, 2.75) is 32.4 Å². The van der Waals surface area contributed by atoms with Gasteiger partial charge >= 0.3 is 0 Å². The van der Waals surface area contributed by atoms with Crippen LogP contribution in [0.25, 0.3) is 0 Å². The summed E-state index contributed by atoms with van der Waals surface area (Å²) in [7, 11) is 0. The van der Waals surface area contributed by atoms with Crippen LogP contribution in [0.5, 0.6) is 0 Å². The Morgan fingerprint density at radius 2 is 1.79 bits per heavy atom. The van der Waals surface area contributed by atoms with Gasteiger partial charge in [-0.3, -0.25) is 0 Å². The lowest BCUT2D eigenvalue weighted by atomic mass is 10.0. The summed E-state index contributed by atoms with van der Waals surface area (Å²) in [5.74, 6) is 0. The van der Waals surface area contributed by atoms with E-state index in [2.05, 4.69) is 5.32 Å². The molecule has 78 valence electrons.